The summed E-state index contributed by atoms with van der Waals surface area (Å²) < 4.78 is 0. The van der Waals surface area contributed by atoms with Crippen LogP contribution in [0.3, 0.4) is 0 Å². The normalized spacial score (nSPS) is 21.1. The summed E-state index contributed by atoms with van der Waals surface area (Å²) >= 11 is 0. The van der Waals surface area contributed by atoms with Crippen molar-refractivity contribution in [2.24, 2.45) is 11.5 Å². The highest BCUT2D eigenvalue weighted by atomic mass is 16.2. The van der Waals surface area contributed by atoms with E-state index in [4.69, 9.17) is 11.5 Å². The highest BCUT2D eigenvalue weighted by Gasteiger charge is 2.28. The topological polar surface area (TPSA) is 85.2 Å². The first-order valence-corrected chi connectivity index (χ1v) is 4.91. The Morgan fingerprint density at radius 3 is 3.00 bits per heavy atom. The number of pyridine rings is 1. The van der Waals surface area contributed by atoms with Gasteiger partial charge in [-0.2, -0.15) is 0 Å². The van der Waals surface area contributed by atoms with Gasteiger partial charge in [0.2, 0.25) is 5.91 Å². The minimum absolute atomic E-state index is 0.0316. The van der Waals surface area contributed by atoms with Crippen molar-refractivity contribution in [1.82, 2.24) is 4.98 Å². The minimum atomic E-state index is -0.0826. The Morgan fingerprint density at radius 1 is 1.60 bits per heavy atom. The summed E-state index contributed by atoms with van der Waals surface area (Å²) in [4.78, 5) is 17.3. The van der Waals surface area contributed by atoms with Gasteiger partial charge in [0.05, 0.1) is 0 Å². The molecule has 1 fully saturated rings. The van der Waals surface area contributed by atoms with Gasteiger partial charge in [-0.1, -0.05) is 0 Å². The Hall–Kier alpha value is -1.46. The number of nitrogens with two attached hydrogens (primary N) is 2. The smallest absolute Gasteiger partial charge is 0.229 e. The third-order valence-corrected chi connectivity index (χ3v) is 2.48. The van der Waals surface area contributed by atoms with Crippen LogP contribution in [0.2, 0.25) is 0 Å². The Bertz CT molecular complexity index is 379. The maximum absolute atomic E-state index is 11.6. The Balaban J connectivity index is 2.25. The number of hydrogen-bond donors (Lipinski definition) is 2. The molecule has 5 nitrogen and oxygen atoms in total. The Labute approximate surface area is 88.1 Å². The second kappa shape index (κ2) is 3.96. The molecule has 0 saturated carbocycles. The van der Waals surface area contributed by atoms with Gasteiger partial charge >= 0.3 is 0 Å². The van der Waals surface area contributed by atoms with Crippen molar-refractivity contribution < 1.29 is 4.79 Å². The van der Waals surface area contributed by atoms with Crippen LogP contribution < -0.4 is 16.4 Å². The van der Waals surface area contributed by atoms with E-state index in [9.17, 15) is 4.79 Å². The van der Waals surface area contributed by atoms with Crippen LogP contribution in [0.1, 0.15) is 12.0 Å². The van der Waals surface area contributed by atoms with E-state index >= 15 is 0 Å². The lowest BCUT2D eigenvalue weighted by Gasteiger charge is -2.15. The zero-order valence-corrected chi connectivity index (χ0v) is 8.39. The van der Waals surface area contributed by atoms with Gasteiger partial charge in [-0.05, 0) is 17.7 Å². The van der Waals surface area contributed by atoms with Crippen LogP contribution in [0, 0.1) is 0 Å². The number of nitrogens with zero attached hydrogens (tertiary/aromatic N) is 2. The molecule has 0 radical (unpaired) electrons. The van der Waals surface area contributed by atoms with Crippen LogP contribution in [0.4, 0.5) is 5.82 Å². The van der Waals surface area contributed by atoms with Crippen molar-refractivity contribution in [2.75, 3.05) is 11.4 Å². The van der Waals surface area contributed by atoms with Crippen LogP contribution in [-0.2, 0) is 11.3 Å². The Kier molecular flexibility index (Phi) is 2.66. The van der Waals surface area contributed by atoms with Gasteiger partial charge in [0, 0.05) is 31.7 Å². The van der Waals surface area contributed by atoms with E-state index in [1.54, 1.807) is 11.1 Å². The predicted octanol–water partition coefficient (Wildman–Crippen LogP) is -0.396. The maximum atomic E-state index is 11.6. The molecule has 1 aliphatic rings. The third-order valence-electron chi connectivity index (χ3n) is 2.48. The first kappa shape index (κ1) is 10.1. The molecule has 2 rings (SSSR count). The summed E-state index contributed by atoms with van der Waals surface area (Å²) in [7, 11) is 0. The summed E-state index contributed by atoms with van der Waals surface area (Å²) in [5.41, 5.74) is 12.2. The third kappa shape index (κ3) is 1.98. The van der Waals surface area contributed by atoms with Gasteiger partial charge in [-0.25, -0.2) is 4.98 Å². The van der Waals surface area contributed by atoms with Gasteiger partial charge in [0.1, 0.15) is 5.82 Å². The second-order valence-electron chi connectivity index (χ2n) is 3.69. The van der Waals surface area contributed by atoms with E-state index in [0.717, 1.165) is 5.56 Å². The molecule has 0 bridgehead atoms. The van der Waals surface area contributed by atoms with Crippen LogP contribution in [0.25, 0.3) is 0 Å². The van der Waals surface area contributed by atoms with Gasteiger partial charge in [0.15, 0.2) is 0 Å². The van der Waals surface area contributed by atoms with Crippen LogP contribution in [0.15, 0.2) is 18.3 Å². The molecule has 0 aromatic carbocycles. The van der Waals surface area contributed by atoms with Gasteiger partial charge < -0.3 is 11.5 Å². The van der Waals surface area contributed by atoms with Crippen LogP contribution >= 0.6 is 0 Å². The maximum Gasteiger partial charge on any atom is 0.229 e. The molecule has 0 aliphatic carbocycles. The molecule has 1 aromatic rings. The number of carbonyl (C=O) groups is 1. The standard InChI is InChI=1S/C10H14N4O/c11-5-7-1-2-13-9(3-7)14-6-8(12)4-10(14)15/h1-3,8H,4-6,11-12H2. The van der Waals surface area contributed by atoms with E-state index in [0.29, 0.717) is 25.3 Å². The SMILES string of the molecule is NCc1ccnc(N2CC(N)CC2=O)c1. The fourth-order valence-corrected chi connectivity index (χ4v) is 1.69. The molecule has 0 spiro atoms. The Morgan fingerprint density at radius 2 is 2.40 bits per heavy atom. The van der Waals surface area contributed by atoms with Crippen molar-refractivity contribution >= 4 is 11.7 Å². The lowest BCUT2D eigenvalue weighted by atomic mass is 10.2. The van der Waals surface area contributed by atoms with Gasteiger partial charge in [-0.15, -0.1) is 0 Å². The molecule has 4 N–H and O–H groups in total. The predicted molar refractivity (Wildman–Crippen MR) is 57.1 cm³/mol. The average molecular weight is 206 g/mol. The summed E-state index contributed by atoms with van der Waals surface area (Å²) in [5, 5.41) is 0. The molecular formula is C10H14N4O. The molecule has 1 atom stereocenters. The van der Waals surface area contributed by atoms with Crippen molar-refractivity contribution in [3.8, 4) is 0 Å². The zero-order chi connectivity index (χ0) is 10.8. The summed E-state index contributed by atoms with van der Waals surface area (Å²) in [6, 6.07) is 3.58. The molecule has 1 aromatic heterocycles. The van der Waals surface area contributed by atoms with Gasteiger partial charge in [-0.3, -0.25) is 9.69 Å². The van der Waals surface area contributed by atoms with E-state index in [-0.39, 0.29) is 11.9 Å². The number of hydrogen-bond acceptors (Lipinski definition) is 4. The quantitative estimate of drug-likeness (QED) is 0.689. The van der Waals surface area contributed by atoms with E-state index in [2.05, 4.69) is 4.98 Å². The molecule has 1 aliphatic heterocycles. The number of rotatable bonds is 2. The van der Waals surface area contributed by atoms with Gasteiger partial charge in [0.25, 0.3) is 0 Å². The number of carbonyl (C=O) groups excluding carboxylic acids is 1. The molecule has 1 unspecified atom stereocenters. The zero-order valence-electron chi connectivity index (χ0n) is 8.39. The summed E-state index contributed by atoms with van der Waals surface area (Å²) in [6.45, 7) is 0.990. The molecular weight excluding hydrogens is 192 g/mol. The molecule has 2 heterocycles. The lowest BCUT2D eigenvalue weighted by molar-refractivity contribution is -0.117. The van der Waals surface area contributed by atoms with Crippen molar-refractivity contribution in [2.45, 2.75) is 19.0 Å². The van der Waals surface area contributed by atoms with Crippen molar-refractivity contribution in [3.63, 3.8) is 0 Å². The summed E-state index contributed by atoms with van der Waals surface area (Å²) in [5.74, 6) is 0.681. The van der Waals surface area contributed by atoms with Crippen molar-refractivity contribution in [1.29, 1.82) is 0 Å². The van der Waals surface area contributed by atoms with Crippen molar-refractivity contribution in [3.05, 3.63) is 23.9 Å². The highest BCUT2D eigenvalue weighted by molar-refractivity contribution is 5.95. The number of aromatic nitrogens is 1. The fraction of sp³-hybridized carbons (Fsp3) is 0.400. The monoisotopic (exact) mass is 206 g/mol. The summed E-state index contributed by atoms with van der Waals surface area (Å²) in [6.07, 6.45) is 2.06. The van der Waals surface area contributed by atoms with E-state index in [1.165, 1.54) is 0 Å². The first-order chi connectivity index (χ1) is 7.20. The molecule has 80 valence electrons. The van der Waals surface area contributed by atoms with Crippen LogP contribution in [-0.4, -0.2) is 23.5 Å². The van der Waals surface area contributed by atoms with Crippen LogP contribution in [0.5, 0.6) is 0 Å². The lowest BCUT2D eigenvalue weighted by Crippen LogP contribution is -2.28. The molecule has 1 saturated heterocycles. The first-order valence-electron chi connectivity index (χ1n) is 4.91. The average Bonchev–Trinajstić information content (AvgIpc) is 2.58. The minimum Gasteiger partial charge on any atom is -0.326 e. The number of anilines is 1. The second-order valence-corrected chi connectivity index (χ2v) is 3.69. The fourth-order valence-electron chi connectivity index (χ4n) is 1.69. The number of amides is 1. The molecule has 15 heavy (non-hydrogen) atoms. The molecule has 5 heteroatoms. The van der Waals surface area contributed by atoms with E-state index in [1.807, 2.05) is 12.1 Å². The largest absolute Gasteiger partial charge is 0.326 e. The highest BCUT2D eigenvalue weighted by Crippen LogP contribution is 2.19. The van der Waals surface area contributed by atoms with E-state index < -0.39 is 0 Å². The molecule has 1 amide bonds.